The Kier molecular flexibility index (Phi) is 15.7. The molecule has 0 unspecified atom stereocenters. The topological polar surface area (TPSA) is 0 Å². The zero-order valence-corrected chi connectivity index (χ0v) is 15.8. The molecule has 0 aromatic heterocycles. The number of hydrogen-bond acceptors (Lipinski definition) is 0. The minimum absolute atomic E-state index is 1.08. The Balaban J connectivity index is 2.35. The van der Waals surface area contributed by atoms with Gasteiger partial charge in [0, 0.05) is 0 Å². The molecule has 0 heteroatoms. The lowest BCUT2D eigenvalue weighted by Crippen LogP contribution is -1.81. The molecule has 1 aliphatic carbocycles. The molecule has 0 amide bonds. The molecule has 0 atom stereocenters. The maximum atomic E-state index is 3.35. The van der Waals surface area contributed by atoms with Gasteiger partial charge in [-0.25, -0.2) is 0 Å². The largest absolute Gasteiger partial charge is 0.0845 e. The predicted octanol–water partition coefficient (Wildman–Crippen LogP) is 7.99. The van der Waals surface area contributed by atoms with E-state index in [1.165, 1.54) is 64.2 Å². The van der Waals surface area contributed by atoms with Gasteiger partial charge in [0.25, 0.3) is 0 Å². The molecule has 135 valence electrons. The van der Waals surface area contributed by atoms with Crippen LogP contribution in [-0.2, 0) is 0 Å². The standard InChI is InChI=1S/C25H35/c1-2-4-6-8-10-12-14-16-18-20-22-24-25-23-21-19-17-15-13-11-9-7-5-3-1/h1-13H,14,16-25H2/b3-1-,4-2+,7-5-,8-6-,11-9+,12-10+,15-13?. The first-order chi connectivity index (χ1) is 12.5. The summed E-state index contributed by atoms with van der Waals surface area (Å²) in [7, 11) is 0. The minimum Gasteiger partial charge on any atom is -0.0845 e. The van der Waals surface area contributed by atoms with Crippen molar-refractivity contribution in [3.8, 4) is 0 Å². The molecule has 0 saturated heterocycles. The van der Waals surface area contributed by atoms with Crippen LogP contribution in [0.4, 0.5) is 0 Å². The van der Waals surface area contributed by atoms with Gasteiger partial charge >= 0.3 is 0 Å². The molecule has 0 aromatic carbocycles. The first kappa shape index (κ1) is 21.2. The fraction of sp³-hybridized carbons (Fsp3) is 0.440. The Morgan fingerprint density at radius 3 is 1.44 bits per heavy atom. The molecule has 0 nitrogen and oxygen atoms in total. The molecule has 0 fully saturated rings. The lowest BCUT2D eigenvalue weighted by Gasteiger charge is -2.01. The van der Waals surface area contributed by atoms with E-state index in [0.717, 1.165) is 6.42 Å². The van der Waals surface area contributed by atoms with Crippen molar-refractivity contribution >= 4 is 0 Å². The quantitative estimate of drug-likeness (QED) is 0.421. The van der Waals surface area contributed by atoms with Crippen molar-refractivity contribution in [3.05, 3.63) is 85.1 Å². The van der Waals surface area contributed by atoms with Gasteiger partial charge in [0.2, 0.25) is 0 Å². The van der Waals surface area contributed by atoms with Crippen molar-refractivity contribution in [2.45, 2.75) is 70.6 Å². The number of allylic oxidation sites excluding steroid dienone is 14. The average Bonchev–Trinajstić information content (AvgIpc) is 2.62. The highest BCUT2D eigenvalue weighted by atomic mass is 14.0. The third kappa shape index (κ3) is 16.8. The molecule has 0 N–H and O–H groups in total. The summed E-state index contributed by atoms with van der Waals surface area (Å²) in [6, 6.07) is 0. The lowest BCUT2D eigenvalue weighted by atomic mass is 10.1. The Morgan fingerprint density at radius 2 is 0.840 bits per heavy atom. The van der Waals surface area contributed by atoms with E-state index in [1.54, 1.807) is 0 Å². The Hall–Kier alpha value is -1.82. The maximum Gasteiger partial charge on any atom is -0.0276 e. The van der Waals surface area contributed by atoms with Crippen LogP contribution in [0.2, 0.25) is 0 Å². The molecule has 1 aliphatic rings. The summed E-state index contributed by atoms with van der Waals surface area (Å²) in [6.07, 6.45) is 45.0. The molecule has 1 radical (unpaired) electrons. The van der Waals surface area contributed by atoms with E-state index < -0.39 is 0 Å². The van der Waals surface area contributed by atoms with Gasteiger partial charge in [-0.05, 0) is 31.8 Å². The first-order valence-corrected chi connectivity index (χ1v) is 10.1. The van der Waals surface area contributed by atoms with Gasteiger partial charge in [-0.3, -0.25) is 0 Å². The summed E-state index contributed by atoms with van der Waals surface area (Å²) < 4.78 is 0. The summed E-state index contributed by atoms with van der Waals surface area (Å²) in [5, 5.41) is 0. The second kappa shape index (κ2) is 18.5. The zero-order chi connectivity index (χ0) is 17.7. The Bertz CT molecular complexity index is 436. The smallest absolute Gasteiger partial charge is 0.0276 e. The van der Waals surface area contributed by atoms with Gasteiger partial charge in [-0.2, -0.15) is 0 Å². The van der Waals surface area contributed by atoms with E-state index in [2.05, 4.69) is 42.5 Å². The van der Waals surface area contributed by atoms with Gasteiger partial charge in [0.05, 0.1) is 0 Å². The molecule has 0 spiro atoms. The highest BCUT2D eigenvalue weighted by Gasteiger charge is 1.92. The van der Waals surface area contributed by atoms with Crippen LogP contribution in [0.3, 0.4) is 0 Å². The third-order valence-electron chi connectivity index (χ3n) is 4.15. The predicted molar refractivity (Wildman–Crippen MR) is 113 cm³/mol. The van der Waals surface area contributed by atoms with Gasteiger partial charge in [0.15, 0.2) is 0 Å². The molecule has 0 aromatic rings. The van der Waals surface area contributed by atoms with Crippen LogP contribution in [0.25, 0.3) is 0 Å². The van der Waals surface area contributed by atoms with Crippen molar-refractivity contribution in [1.82, 2.24) is 0 Å². The van der Waals surface area contributed by atoms with E-state index in [9.17, 15) is 0 Å². The molecule has 0 aliphatic heterocycles. The van der Waals surface area contributed by atoms with Crippen molar-refractivity contribution < 1.29 is 0 Å². The Morgan fingerprint density at radius 1 is 0.400 bits per heavy atom. The molecular formula is C25H35. The van der Waals surface area contributed by atoms with Crippen molar-refractivity contribution in [3.63, 3.8) is 0 Å². The van der Waals surface area contributed by atoms with Crippen LogP contribution < -0.4 is 0 Å². The molecular weight excluding hydrogens is 300 g/mol. The Labute approximate surface area is 156 Å². The molecule has 0 bridgehead atoms. The van der Waals surface area contributed by atoms with Gasteiger partial charge in [-0.1, -0.05) is 124 Å². The van der Waals surface area contributed by atoms with Crippen LogP contribution in [0.1, 0.15) is 70.6 Å². The number of rotatable bonds is 0. The lowest BCUT2D eigenvalue weighted by molar-refractivity contribution is 0.560. The second-order valence-corrected chi connectivity index (χ2v) is 6.44. The summed E-state index contributed by atoms with van der Waals surface area (Å²) in [4.78, 5) is 0. The van der Waals surface area contributed by atoms with Crippen LogP contribution in [0, 0.1) is 6.08 Å². The normalized spacial score (nSPS) is 28.5. The van der Waals surface area contributed by atoms with E-state index >= 15 is 0 Å². The van der Waals surface area contributed by atoms with Gasteiger partial charge < -0.3 is 0 Å². The SMILES string of the molecule is [C]1=C/C=C/C=C\C=C/C=C/C=C\C=C\CCCCCCCCCCC/1. The zero-order valence-electron chi connectivity index (χ0n) is 15.8. The van der Waals surface area contributed by atoms with E-state index in [0.29, 0.717) is 0 Å². The molecule has 1 rings (SSSR count). The van der Waals surface area contributed by atoms with Crippen LogP contribution in [0.15, 0.2) is 79.0 Å². The first-order valence-electron chi connectivity index (χ1n) is 10.1. The highest BCUT2D eigenvalue weighted by molar-refractivity contribution is 5.20. The highest BCUT2D eigenvalue weighted by Crippen LogP contribution is 2.11. The average molecular weight is 336 g/mol. The summed E-state index contributed by atoms with van der Waals surface area (Å²) in [5.41, 5.74) is 0. The van der Waals surface area contributed by atoms with Gasteiger partial charge in [-0.15, -0.1) is 0 Å². The molecule has 0 saturated carbocycles. The van der Waals surface area contributed by atoms with Crippen LogP contribution in [-0.4, -0.2) is 0 Å². The molecule has 0 heterocycles. The fourth-order valence-electron chi connectivity index (χ4n) is 2.69. The van der Waals surface area contributed by atoms with Crippen molar-refractivity contribution in [2.24, 2.45) is 0 Å². The van der Waals surface area contributed by atoms with Gasteiger partial charge in [0.1, 0.15) is 0 Å². The van der Waals surface area contributed by atoms with Crippen LogP contribution >= 0.6 is 0 Å². The summed E-state index contributed by atoms with van der Waals surface area (Å²) in [5.74, 6) is 0. The van der Waals surface area contributed by atoms with E-state index in [-0.39, 0.29) is 0 Å². The van der Waals surface area contributed by atoms with Crippen molar-refractivity contribution in [1.29, 1.82) is 0 Å². The molecule has 25 heavy (non-hydrogen) atoms. The third-order valence-corrected chi connectivity index (χ3v) is 4.15. The second-order valence-electron chi connectivity index (χ2n) is 6.44. The maximum absolute atomic E-state index is 3.35. The van der Waals surface area contributed by atoms with Crippen molar-refractivity contribution in [2.75, 3.05) is 0 Å². The van der Waals surface area contributed by atoms with Crippen LogP contribution in [0.5, 0.6) is 0 Å². The van der Waals surface area contributed by atoms with E-state index in [1.807, 2.05) is 42.5 Å². The minimum atomic E-state index is 1.08. The fourth-order valence-corrected chi connectivity index (χ4v) is 2.69. The summed E-state index contributed by atoms with van der Waals surface area (Å²) in [6.45, 7) is 0. The summed E-state index contributed by atoms with van der Waals surface area (Å²) >= 11 is 0. The monoisotopic (exact) mass is 335 g/mol. The van der Waals surface area contributed by atoms with E-state index in [4.69, 9.17) is 0 Å². The number of hydrogen-bond donors (Lipinski definition) is 0.